The van der Waals surface area contributed by atoms with Crippen molar-refractivity contribution < 1.29 is 13.2 Å². The molecule has 0 aliphatic carbocycles. The van der Waals surface area contributed by atoms with Gasteiger partial charge in [-0.25, -0.2) is 0 Å². The maximum absolute atomic E-state index is 12.5. The summed E-state index contributed by atoms with van der Waals surface area (Å²) in [5, 5.41) is 0.830. The molecule has 0 radical (unpaired) electrons. The van der Waals surface area contributed by atoms with Gasteiger partial charge in [-0.2, -0.15) is 13.2 Å². The number of rotatable bonds is 5. The topological polar surface area (TPSA) is 0 Å². The predicted octanol–water partition coefficient (Wildman–Crippen LogP) is 5.06. The molecule has 0 aromatic heterocycles. The fourth-order valence-corrected chi connectivity index (χ4v) is 2.40. The molecule has 0 aliphatic heterocycles. The molecule has 0 heterocycles. The second-order valence-electron chi connectivity index (χ2n) is 4.21. The number of benzene rings is 1. The quantitative estimate of drug-likeness (QED) is 0.667. The molecular weight excluding hydrogens is 293 g/mol. The standard InChI is InChI=1S/C13H16BrF3/c1-2-4-11(9-14)7-10-5-3-6-12(8-10)13(15,16)17/h3,5-6,8,11H,2,4,7,9H2,1H3. The van der Waals surface area contributed by atoms with Crippen LogP contribution < -0.4 is 0 Å². The molecule has 0 saturated heterocycles. The molecule has 0 aliphatic rings. The van der Waals surface area contributed by atoms with Crippen LogP contribution >= 0.6 is 15.9 Å². The van der Waals surface area contributed by atoms with Gasteiger partial charge in [-0.15, -0.1) is 0 Å². The Kier molecular flexibility index (Phi) is 5.50. The Morgan fingerprint density at radius 3 is 2.53 bits per heavy atom. The van der Waals surface area contributed by atoms with Crippen molar-refractivity contribution in [3.63, 3.8) is 0 Å². The molecule has 1 rings (SSSR count). The molecule has 0 spiro atoms. The van der Waals surface area contributed by atoms with Crippen molar-refractivity contribution in [2.24, 2.45) is 5.92 Å². The average molecular weight is 309 g/mol. The van der Waals surface area contributed by atoms with Gasteiger partial charge in [0.1, 0.15) is 0 Å². The molecule has 0 bridgehead atoms. The van der Waals surface area contributed by atoms with Gasteiger partial charge in [0.2, 0.25) is 0 Å². The highest BCUT2D eigenvalue weighted by molar-refractivity contribution is 9.09. The van der Waals surface area contributed by atoms with Gasteiger partial charge >= 0.3 is 6.18 Å². The van der Waals surface area contributed by atoms with Gasteiger partial charge in [-0.05, 0) is 30.4 Å². The molecule has 0 fully saturated rings. The molecule has 0 amide bonds. The summed E-state index contributed by atoms with van der Waals surface area (Å²) in [6, 6.07) is 5.62. The van der Waals surface area contributed by atoms with E-state index >= 15 is 0 Å². The van der Waals surface area contributed by atoms with Crippen LogP contribution in [-0.2, 0) is 12.6 Å². The Bertz CT molecular complexity index is 347. The van der Waals surface area contributed by atoms with Gasteiger partial charge in [-0.1, -0.05) is 47.5 Å². The molecule has 96 valence electrons. The van der Waals surface area contributed by atoms with Crippen LogP contribution in [-0.4, -0.2) is 5.33 Å². The van der Waals surface area contributed by atoms with Gasteiger partial charge in [0.25, 0.3) is 0 Å². The van der Waals surface area contributed by atoms with E-state index in [1.54, 1.807) is 6.07 Å². The van der Waals surface area contributed by atoms with Gasteiger partial charge in [0.15, 0.2) is 0 Å². The minimum absolute atomic E-state index is 0.406. The van der Waals surface area contributed by atoms with E-state index in [1.165, 1.54) is 12.1 Å². The van der Waals surface area contributed by atoms with Crippen molar-refractivity contribution in [2.45, 2.75) is 32.4 Å². The average Bonchev–Trinajstić information content (AvgIpc) is 2.28. The number of alkyl halides is 4. The highest BCUT2D eigenvalue weighted by atomic mass is 79.9. The van der Waals surface area contributed by atoms with E-state index in [4.69, 9.17) is 0 Å². The van der Waals surface area contributed by atoms with Crippen molar-refractivity contribution in [3.05, 3.63) is 35.4 Å². The first-order chi connectivity index (χ1) is 7.97. The van der Waals surface area contributed by atoms with Crippen LogP contribution in [0.5, 0.6) is 0 Å². The normalized spacial score (nSPS) is 13.7. The van der Waals surface area contributed by atoms with E-state index in [-0.39, 0.29) is 0 Å². The smallest absolute Gasteiger partial charge is 0.166 e. The SMILES string of the molecule is CCCC(CBr)Cc1cccc(C(F)(F)F)c1. The number of halogens is 4. The summed E-state index contributed by atoms with van der Waals surface area (Å²) in [6.45, 7) is 2.09. The Labute approximate surface area is 108 Å². The van der Waals surface area contributed by atoms with Crippen LogP contribution in [0.25, 0.3) is 0 Å². The first-order valence-electron chi connectivity index (χ1n) is 5.69. The summed E-state index contributed by atoms with van der Waals surface area (Å²) < 4.78 is 37.6. The maximum Gasteiger partial charge on any atom is 0.416 e. The highest BCUT2D eigenvalue weighted by Crippen LogP contribution is 2.30. The molecule has 0 N–H and O–H groups in total. The Hall–Kier alpha value is -0.510. The number of hydrogen-bond donors (Lipinski definition) is 0. The summed E-state index contributed by atoms with van der Waals surface area (Å²) in [6.07, 6.45) is -1.47. The van der Waals surface area contributed by atoms with Crippen LogP contribution in [0.4, 0.5) is 13.2 Å². The molecule has 0 saturated carbocycles. The summed E-state index contributed by atoms with van der Waals surface area (Å²) >= 11 is 3.41. The minimum Gasteiger partial charge on any atom is -0.166 e. The third kappa shape index (κ3) is 4.70. The molecule has 0 nitrogen and oxygen atoms in total. The Morgan fingerprint density at radius 2 is 2.00 bits per heavy atom. The largest absolute Gasteiger partial charge is 0.416 e. The molecule has 4 heteroatoms. The van der Waals surface area contributed by atoms with E-state index in [2.05, 4.69) is 22.9 Å². The molecule has 1 aromatic carbocycles. The van der Waals surface area contributed by atoms with E-state index in [0.29, 0.717) is 12.3 Å². The summed E-state index contributed by atoms with van der Waals surface area (Å²) in [5.41, 5.74) is 0.206. The number of hydrogen-bond acceptors (Lipinski definition) is 0. The van der Waals surface area contributed by atoms with E-state index in [0.717, 1.165) is 29.8 Å². The van der Waals surface area contributed by atoms with Crippen molar-refractivity contribution in [2.75, 3.05) is 5.33 Å². The lowest BCUT2D eigenvalue weighted by molar-refractivity contribution is -0.137. The van der Waals surface area contributed by atoms with Crippen LogP contribution in [0.2, 0.25) is 0 Å². The third-order valence-corrected chi connectivity index (χ3v) is 3.61. The summed E-state index contributed by atoms with van der Waals surface area (Å²) in [5.74, 6) is 0.406. The van der Waals surface area contributed by atoms with Gasteiger partial charge in [-0.3, -0.25) is 0 Å². The summed E-state index contributed by atoms with van der Waals surface area (Å²) in [7, 11) is 0. The fourth-order valence-electron chi connectivity index (χ4n) is 1.85. The van der Waals surface area contributed by atoms with Gasteiger partial charge in [0.05, 0.1) is 5.56 Å². The zero-order valence-electron chi connectivity index (χ0n) is 9.73. The van der Waals surface area contributed by atoms with Crippen molar-refractivity contribution in [1.29, 1.82) is 0 Å². The van der Waals surface area contributed by atoms with Crippen LogP contribution in [0.15, 0.2) is 24.3 Å². The second-order valence-corrected chi connectivity index (χ2v) is 4.86. The summed E-state index contributed by atoms with van der Waals surface area (Å²) in [4.78, 5) is 0. The lowest BCUT2D eigenvalue weighted by atomic mass is 9.96. The lowest BCUT2D eigenvalue weighted by Crippen LogP contribution is -2.09. The van der Waals surface area contributed by atoms with Crippen molar-refractivity contribution >= 4 is 15.9 Å². The lowest BCUT2D eigenvalue weighted by Gasteiger charge is -2.14. The minimum atomic E-state index is -4.25. The first-order valence-corrected chi connectivity index (χ1v) is 6.81. The van der Waals surface area contributed by atoms with Crippen LogP contribution in [0.1, 0.15) is 30.9 Å². The first kappa shape index (κ1) is 14.6. The Balaban J connectivity index is 2.78. The zero-order valence-corrected chi connectivity index (χ0v) is 11.3. The second kappa shape index (κ2) is 6.43. The molecular formula is C13H16BrF3. The zero-order chi connectivity index (χ0) is 12.9. The molecule has 1 aromatic rings. The van der Waals surface area contributed by atoms with Gasteiger partial charge < -0.3 is 0 Å². The third-order valence-electron chi connectivity index (χ3n) is 2.69. The van der Waals surface area contributed by atoms with E-state index in [1.807, 2.05) is 0 Å². The molecule has 1 unspecified atom stereocenters. The van der Waals surface area contributed by atoms with Crippen LogP contribution in [0.3, 0.4) is 0 Å². The molecule has 17 heavy (non-hydrogen) atoms. The van der Waals surface area contributed by atoms with Crippen molar-refractivity contribution in [1.82, 2.24) is 0 Å². The predicted molar refractivity (Wildman–Crippen MR) is 67.3 cm³/mol. The fraction of sp³-hybridized carbons (Fsp3) is 0.538. The highest BCUT2D eigenvalue weighted by Gasteiger charge is 2.30. The van der Waals surface area contributed by atoms with E-state index < -0.39 is 11.7 Å². The Morgan fingerprint density at radius 1 is 1.29 bits per heavy atom. The maximum atomic E-state index is 12.5. The van der Waals surface area contributed by atoms with Crippen LogP contribution in [0, 0.1) is 5.92 Å². The van der Waals surface area contributed by atoms with Gasteiger partial charge in [0, 0.05) is 5.33 Å². The molecule has 1 atom stereocenters. The monoisotopic (exact) mass is 308 g/mol. The van der Waals surface area contributed by atoms with E-state index in [9.17, 15) is 13.2 Å². The van der Waals surface area contributed by atoms with Crippen molar-refractivity contribution in [3.8, 4) is 0 Å².